The topological polar surface area (TPSA) is 86.7 Å². The average Bonchev–Trinajstić information content (AvgIpc) is 3.54. The molecular weight excluding hydrogens is 392 g/mol. The summed E-state index contributed by atoms with van der Waals surface area (Å²) >= 11 is 0. The van der Waals surface area contributed by atoms with Crippen molar-refractivity contribution in [2.45, 2.75) is 32.6 Å². The number of fused-ring (bicyclic) bond motifs is 1. The molecule has 1 N–H and O–H groups in total. The van der Waals surface area contributed by atoms with Crippen LogP contribution in [-0.4, -0.2) is 30.0 Å². The van der Waals surface area contributed by atoms with Crippen LogP contribution < -0.4 is 10.9 Å². The first kappa shape index (κ1) is 19.3. The van der Waals surface area contributed by atoms with Crippen LogP contribution in [0.1, 0.15) is 46.2 Å². The molecular formula is C23H24N6O2. The molecule has 5 rings (SSSR count). The molecule has 0 bridgehead atoms. The highest BCUT2D eigenvalue weighted by Crippen LogP contribution is 2.40. The summed E-state index contributed by atoms with van der Waals surface area (Å²) in [6.07, 6.45) is 2.16. The molecule has 0 spiro atoms. The number of pyridine rings is 1. The second-order valence-corrected chi connectivity index (χ2v) is 8.17. The van der Waals surface area contributed by atoms with Gasteiger partial charge in [-0.05, 0) is 44.9 Å². The number of amides is 1. The fourth-order valence-corrected chi connectivity index (χ4v) is 4.12. The molecule has 1 aliphatic rings. The van der Waals surface area contributed by atoms with Crippen LogP contribution in [0.2, 0.25) is 0 Å². The van der Waals surface area contributed by atoms with Gasteiger partial charge in [0, 0.05) is 25.7 Å². The smallest absolute Gasteiger partial charge is 0.295 e. The van der Waals surface area contributed by atoms with E-state index < -0.39 is 0 Å². The van der Waals surface area contributed by atoms with E-state index >= 15 is 0 Å². The molecule has 3 aromatic heterocycles. The lowest BCUT2D eigenvalue weighted by molar-refractivity contribution is 0.102. The van der Waals surface area contributed by atoms with Gasteiger partial charge in [0.1, 0.15) is 5.69 Å². The van der Waals surface area contributed by atoms with Crippen LogP contribution >= 0.6 is 0 Å². The lowest BCUT2D eigenvalue weighted by Crippen LogP contribution is -2.23. The Kier molecular flexibility index (Phi) is 4.32. The highest BCUT2D eigenvalue weighted by atomic mass is 16.2. The largest absolute Gasteiger partial charge is 0.316 e. The number of anilines is 1. The summed E-state index contributed by atoms with van der Waals surface area (Å²) in [5.41, 5.74) is 4.27. The normalized spacial score (nSPS) is 13.7. The Balaban J connectivity index is 1.61. The number of carbonyl (C=O) groups excluding carboxylic acids is 1. The first-order valence-corrected chi connectivity index (χ1v) is 10.4. The van der Waals surface area contributed by atoms with E-state index in [9.17, 15) is 9.59 Å². The summed E-state index contributed by atoms with van der Waals surface area (Å²) in [5.74, 6) is 0.0661. The van der Waals surface area contributed by atoms with E-state index in [0.29, 0.717) is 22.8 Å². The Labute approximate surface area is 179 Å². The van der Waals surface area contributed by atoms with Crippen molar-refractivity contribution >= 4 is 22.6 Å². The Bertz CT molecular complexity index is 1390. The molecule has 0 atom stereocenters. The van der Waals surface area contributed by atoms with E-state index in [0.717, 1.165) is 35.3 Å². The molecule has 1 saturated carbocycles. The standard InChI is InChI=1S/C23H24N6O2/c1-13-19-17(12-18(15-10-11-15)24-21(19)27(3)26-13)22(30)25-20-14(2)28(4)29(23(20)31)16-8-6-5-7-9-16/h5-9,12,15H,10-11H2,1-4H3,(H,25,30). The number of aryl methyl sites for hydroxylation is 2. The average molecular weight is 416 g/mol. The van der Waals surface area contributed by atoms with Gasteiger partial charge in [-0.15, -0.1) is 0 Å². The summed E-state index contributed by atoms with van der Waals surface area (Å²) in [6.45, 7) is 3.69. The number of para-hydroxylation sites is 1. The van der Waals surface area contributed by atoms with Crippen molar-refractivity contribution in [3.8, 4) is 5.69 Å². The number of rotatable bonds is 4. The Hall–Kier alpha value is -3.68. The van der Waals surface area contributed by atoms with Crippen molar-refractivity contribution in [1.29, 1.82) is 0 Å². The maximum absolute atomic E-state index is 13.4. The molecule has 0 radical (unpaired) electrons. The fourth-order valence-electron chi connectivity index (χ4n) is 4.12. The molecule has 0 unspecified atom stereocenters. The summed E-state index contributed by atoms with van der Waals surface area (Å²) in [4.78, 5) is 31.4. The minimum Gasteiger partial charge on any atom is -0.316 e. The molecule has 0 aliphatic heterocycles. The summed E-state index contributed by atoms with van der Waals surface area (Å²) in [5, 5.41) is 8.06. The van der Waals surface area contributed by atoms with E-state index in [-0.39, 0.29) is 17.2 Å². The van der Waals surface area contributed by atoms with Crippen LogP contribution in [0.3, 0.4) is 0 Å². The van der Waals surface area contributed by atoms with Crippen LogP contribution in [0.25, 0.3) is 16.7 Å². The van der Waals surface area contributed by atoms with E-state index in [1.54, 1.807) is 21.1 Å². The quantitative estimate of drug-likeness (QED) is 0.553. The van der Waals surface area contributed by atoms with E-state index in [4.69, 9.17) is 4.98 Å². The van der Waals surface area contributed by atoms with Crippen molar-refractivity contribution in [2.24, 2.45) is 14.1 Å². The van der Waals surface area contributed by atoms with Crippen LogP contribution in [0, 0.1) is 13.8 Å². The summed E-state index contributed by atoms with van der Waals surface area (Å²) in [6, 6.07) is 11.2. The van der Waals surface area contributed by atoms with Gasteiger partial charge < -0.3 is 5.32 Å². The molecule has 1 aliphatic carbocycles. The number of carbonyl (C=O) groups is 1. The predicted molar refractivity (Wildman–Crippen MR) is 119 cm³/mol. The van der Waals surface area contributed by atoms with Crippen molar-refractivity contribution in [3.63, 3.8) is 0 Å². The molecule has 1 aromatic carbocycles. The first-order valence-electron chi connectivity index (χ1n) is 10.4. The van der Waals surface area contributed by atoms with Gasteiger partial charge in [0.25, 0.3) is 11.5 Å². The van der Waals surface area contributed by atoms with Crippen LogP contribution in [-0.2, 0) is 14.1 Å². The number of benzene rings is 1. The van der Waals surface area contributed by atoms with Crippen molar-refractivity contribution in [1.82, 2.24) is 24.1 Å². The summed E-state index contributed by atoms with van der Waals surface area (Å²) < 4.78 is 5.02. The number of aromatic nitrogens is 5. The molecule has 0 saturated heterocycles. The minimum absolute atomic E-state index is 0.268. The maximum Gasteiger partial charge on any atom is 0.295 e. The number of hydrogen-bond donors (Lipinski definition) is 1. The fraction of sp³-hybridized carbons (Fsp3) is 0.304. The number of nitrogens with one attached hydrogen (secondary N) is 1. The lowest BCUT2D eigenvalue weighted by Gasteiger charge is -2.08. The number of hydrogen-bond acceptors (Lipinski definition) is 4. The monoisotopic (exact) mass is 416 g/mol. The second-order valence-electron chi connectivity index (χ2n) is 8.17. The molecule has 4 aromatic rings. The zero-order valence-corrected chi connectivity index (χ0v) is 18.0. The van der Waals surface area contributed by atoms with E-state index in [2.05, 4.69) is 10.4 Å². The van der Waals surface area contributed by atoms with E-state index in [1.807, 2.05) is 57.3 Å². The summed E-state index contributed by atoms with van der Waals surface area (Å²) in [7, 11) is 3.64. The van der Waals surface area contributed by atoms with Gasteiger partial charge >= 0.3 is 0 Å². The van der Waals surface area contributed by atoms with Gasteiger partial charge in [0.2, 0.25) is 0 Å². The molecule has 8 nitrogen and oxygen atoms in total. The number of nitrogens with zero attached hydrogens (tertiary/aromatic N) is 5. The van der Waals surface area contributed by atoms with Crippen LogP contribution in [0.15, 0.2) is 41.2 Å². The highest BCUT2D eigenvalue weighted by Gasteiger charge is 2.29. The van der Waals surface area contributed by atoms with Gasteiger partial charge in [0.05, 0.1) is 28.0 Å². The minimum atomic E-state index is -0.323. The van der Waals surface area contributed by atoms with Crippen LogP contribution in [0.5, 0.6) is 0 Å². The van der Waals surface area contributed by atoms with Crippen molar-refractivity contribution < 1.29 is 4.79 Å². The van der Waals surface area contributed by atoms with Gasteiger partial charge in [0.15, 0.2) is 5.65 Å². The van der Waals surface area contributed by atoms with Crippen LogP contribution in [0.4, 0.5) is 5.69 Å². The zero-order chi connectivity index (χ0) is 21.9. The lowest BCUT2D eigenvalue weighted by atomic mass is 10.1. The third-order valence-corrected chi connectivity index (χ3v) is 6.02. The molecule has 3 heterocycles. The molecule has 31 heavy (non-hydrogen) atoms. The maximum atomic E-state index is 13.4. The third kappa shape index (κ3) is 3.06. The first-order chi connectivity index (χ1) is 14.9. The molecule has 158 valence electrons. The van der Waals surface area contributed by atoms with Crippen molar-refractivity contribution in [2.75, 3.05) is 5.32 Å². The molecule has 1 fully saturated rings. The Morgan fingerprint density at radius 1 is 1.13 bits per heavy atom. The third-order valence-electron chi connectivity index (χ3n) is 6.02. The van der Waals surface area contributed by atoms with Gasteiger partial charge in [-0.3, -0.25) is 19.0 Å². The second kappa shape index (κ2) is 6.94. The Morgan fingerprint density at radius 3 is 2.52 bits per heavy atom. The highest BCUT2D eigenvalue weighted by molar-refractivity contribution is 6.12. The van der Waals surface area contributed by atoms with Gasteiger partial charge in [-0.1, -0.05) is 18.2 Å². The van der Waals surface area contributed by atoms with Gasteiger partial charge in [-0.25, -0.2) is 9.67 Å². The Morgan fingerprint density at radius 2 is 1.84 bits per heavy atom. The van der Waals surface area contributed by atoms with E-state index in [1.165, 1.54) is 0 Å². The van der Waals surface area contributed by atoms with Crippen molar-refractivity contribution in [3.05, 3.63) is 69.4 Å². The molecule has 1 amide bonds. The SMILES string of the molecule is Cc1nn(C)c2nc(C3CC3)cc(C(=O)Nc3c(C)n(C)n(-c4ccccc4)c3=O)c12. The van der Waals surface area contributed by atoms with Gasteiger partial charge in [-0.2, -0.15) is 5.10 Å². The predicted octanol–water partition coefficient (Wildman–Crippen LogP) is 3.20. The zero-order valence-electron chi connectivity index (χ0n) is 18.0. The molecule has 8 heteroatoms.